The van der Waals surface area contributed by atoms with Gasteiger partial charge >= 0.3 is 6.01 Å². The van der Waals surface area contributed by atoms with E-state index in [0.717, 1.165) is 25.8 Å². The summed E-state index contributed by atoms with van der Waals surface area (Å²) in [6.45, 7) is 3.68. The molecule has 0 unspecified atom stereocenters. The van der Waals surface area contributed by atoms with E-state index >= 15 is 8.78 Å². The summed E-state index contributed by atoms with van der Waals surface area (Å²) >= 11 is 0. The number of hydrogen-bond acceptors (Lipinski definition) is 9. The van der Waals surface area contributed by atoms with E-state index in [2.05, 4.69) is 14.9 Å². The van der Waals surface area contributed by atoms with Crippen molar-refractivity contribution in [2.45, 2.75) is 69.3 Å². The molecule has 2 saturated heterocycles. The van der Waals surface area contributed by atoms with Gasteiger partial charge in [-0.15, -0.1) is 0 Å². The molecule has 236 valence electrons. The highest BCUT2D eigenvalue weighted by Crippen LogP contribution is 2.45. The number of ether oxygens (including phenoxy) is 2. The second-order valence-electron chi connectivity index (χ2n) is 12.7. The molecule has 3 fully saturated rings. The first kappa shape index (κ1) is 28.6. The minimum absolute atomic E-state index is 0.0650. The zero-order chi connectivity index (χ0) is 31.0. The van der Waals surface area contributed by atoms with Crippen molar-refractivity contribution < 1.29 is 32.9 Å². The summed E-state index contributed by atoms with van der Waals surface area (Å²) in [6, 6.07) is 5.45. The quantitative estimate of drug-likeness (QED) is 0.306. The Morgan fingerprint density at radius 1 is 1.11 bits per heavy atom. The van der Waals surface area contributed by atoms with Crippen LogP contribution in [-0.2, 0) is 6.42 Å². The number of fused-ring (bicyclic) bond motifs is 2. The lowest BCUT2D eigenvalue weighted by molar-refractivity contribution is 0.0631. The highest BCUT2D eigenvalue weighted by molar-refractivity contribution is 6.03. The minimum atomic E-state index is -0.938. The van der Waals surface area contributed by atoms with Crippen molar-refractivity contribution in [1.82, 2.24) is 19.9 Å². The van der Waals surface area contributed by atoms with E-state index in [0.29, 0.717) is 54.5 Å². The maximum absolute atomic E-state index is 16.9. The smallest absolute Gasteiger partial charge is 0.319 e. The Morgan fingerprint density at radius 2 is 1.98 bits per heavy atom. The van der Waals surface area contributed by atoms with Gasteiger partial charge in [0.05, 0.1) is 24.2 Å². The van der Waals surface area contributed by atoms with E-state index in [9.17, 15) is 14.6 Å². The van der Waals surface area contributed by atoms with Crippen molar-refractivity contribution in [2.75, 3.05) is 37.7 Å². The Labute approximate surface area is 257 Å². The largest absolute Gasteiger partial charge is 0.508 e. The molecular formula is C33H34F3N5O4. The van der Waals surface area contributed by atoms with Crippen molar-refractivity contribution in [2.24, 2.45) is 0 Å². The highest BCUT2D eigenvalue weighted by Gasteiger charge is 2.49. The third-order valence-corrected chi connectivity index (χ3v) is 10.2. The molecule has 0 amide bonds. The number of nitrogens with zero attached hydrogens (tertiary/aromatic N) is 5. The Bertz CT molecular complexity index is 1840. The first-order valence-electron chi connectivity index (χ1n) is 15.7. The van der Waals surface area contributed by atoms with Crippen LogP contribution in [0.3, 0.4) is 0 Å². The molecule has 2 aromatic heterocycles. The predicted molar refractivity (Wildman–Crippen MR) is 162 cm³/mol. The van der Waals surface area contributed by atoms with Gasteiger partial charge in [0.1, 0.15) is 53.4 Å². The number of benzene rings is 2. The lowest BCUT2D eigenvalue weighted by Crippen LogP contribution is -2.52. The van der Waals surface area contributed by atoms with Gasteiger partial charge in [0, 0.05) is 18.5 Å². The summed E-state index contributed by atoms with van der Waals surface area (Å²) in [7, 11) is 0. The van der Waals surface area contributed by atoms with Gasteiger partial charge in [0.2, 0.25) is 5.88 Å². The number of alkyl halides is 1. The first-order chi connectivity index (χ1) is 21.8. The number of phenols is 1. The number of aromatic hydroxyl groups is 1. The monoisotopic (exact) mass is 621 g/mol. The van der Waals surface area contributed by atoms with Gasteiger partial charge in [0.15, 0.2) is 5.82 Å². The molecule has 1 aliphatic carbocycles. The van der Waals surface area contributed by atoms with Gasteiger partial charge in [-0.2, -0.15) is 9.97 Å². The van der Waals surface area contributed by atoms with Crippen LogP contribution in [0.2, 0.25) is 0 Å². The van der Waals surface area contributed by atoms with Gasteiger partial charge in [-0.25, -0.2) is 18.2 Å². The number of halogens is 3. The molecule has 1 saturated carbocycles. The van der Waals surface area contributed by atoms with Crippen LogP contribution in [0.4, 0.5) is 19.0 Å². The Hall–Kier alpha value is -3.90. The van der Waals surface area contributed by atoms with Gasteiger partial charge < -0.3 is 24.6 Å². The number of aryl methyl sites for hydroxylation is 1. The summed E-state index contributed by atoms with van der Waals surface area (Å²) in [5, 5.41) is 22.4. The standard InChI is InChI=1S/C33H34F3N5O4/c1-2-20-22(35)5-4-17-12-19(42)13-21(25(17)20)28-27(36)29-26-30(41(23-6-7-24(23)43)10-11-44-31(26)37-28)39-32(38-29)45-16-33-8-3-9-40(33)15-18(34)14-33/h4-5,12-13,18,23-24,42-43H,2-3,6-11,14-16H2,1H3/t18-,23+,24+,33+/m1/s1. The number of aliphatic hydroxyl groups excluding tert-OH is 1. The molecule has 0 spiro atoms. The number of rotatable bonds is 6. The lowest BCUT2D eigenvalue weighted by Gasteiger charge is -2.41. The molecule has 9 nitrogen and oxygen atoms in total. The van der Waals surface area contributed by atoms with Crippen molar-refractivity contribution >= 4 is 27.5 Å². The van der Waals surface area contributed by atoms with Crippen LogP contribution in [0, 0.1) is 11.6 Å². The van der Waals surface area contributed by atoms with E-state index in [1.165, 1.54) is 18.2 Å². The summed E-state index contributed by atoms with van der Waals surface area (Å²) in [5.74, 6) is -0.918. The number of anilines is 1. The molecule has 4 atom stereocenters. The first-order valence-corrected chi connectivity index (χ1v) is 15.7. The highest BCUT2D eigenvalue weighted by atomic mass is 19.1. The molecule has 0 bridgehead atoms. The fourth-order valence-electron chi connectivity index (χ4n) is 7.84. The lowest BCUT2D eigenvalue weighted by atomic mass is 9.87. The van der Waals surface area contributed by atoms with Crippen molar-refractivity contribution in [3.05, 3.63) is 41.5 Å². The van der Waals surface area contributed by atoms with Crippen molar-refractivity contribution in [1.29, 1.82) is 0 Å². The molecule has 3 aliphatic heterocycles. The molecule has 2 N–H and O–H groups in total. The van der Waals surface area contributed by atoms with Gasteiger partial charge in [-0.3, -0.25) is 4.90 Å². The van der Waals surface area contributed by atoms with E-state index < -0.39 is 29.4 Å². The molecule has 8 rings (SSSR count). The summed E-state index contributed by atoms with van der Waals surface area (Å²) in [6.07, 6.45) is 2.27. The fraction of sp³-hybridized carbons (Fsp3) is 0.485. The molecule has 45 heavy (non-hydrogen) atoms. The molecular weight excluding hydrogens is 587 g/mol. The van der Waals surface area contributed by atoms with Crippen LogP contribution in [-0.4, -0.2) is 86.8 Å². The van der Waals surface area contributed by atoms with E-state index in [1.54, 1.807) is 6.07 Å². The Balaban J connectivity index is 1.32. The van der Waals surface area contributed by atoms with Crippen LogP contribution >= 0.6 is 0 Å². The molecule has 0 radical (unpaired) electrons. The molecule has 4 aliphatic rings. The number of pyridine rings is 1. The van der Waals surface area contributed by atoms with Crippen LogP contribution < -0.4 is 14.4 Å². The number of phenolic OH excluding ortho intramolecular Hbond substituents is 1. The molecule has 5 heterocycles. The average Bonchev–Trinajstić information content (AvgIpc) is 3.48. The zero-order valence-corrected chi connectivity index (χ0v) is 24.9. The maximum atomic E-state index is 16.9. The van der Waals surface area contributed by atoms with Crippen molar-refractivity contribution in [3.8, 4) is 28.9 Å². The second kappa shape index (κ2) is 10.6. The van der Waals surface area contributed by atoms with Crippen molar-refractivity contribution in [3.63, 3.8) is 0 Å². The second-order valence-corrected chi connectivity index (χ2v) is 12.7. The average molecular weight is 622 g/mol. The Morgan fingerprint density at radius 3 is 2.76 bits per heavy atom. The maximum Gasteiger partial charge on any atom is 0.319 e. The van der Waals surface area contributed by atoms with Gasteiger partial charge in [-0.05, 0) is 73.2 Å². The summed E-state index contributed by atoms with van der Waals surface area (Å²) in [4.78, 5) is 17.9. The zero-order valence-electron chi connectivity index (χ0n) is 24.9. The molecule has 12 heteroatoms. The minimum Gasteiger partial charge on any atom is -0.508 e. The van der Waals surface area contributed by atoms with Crippen LogP contribution in [0.15, 0.2) is 24.3 Å². The fourth-order valence-corrected chi connectivity index (χ4v) is 7.84. The molecule has 4 aromatic rings. The van der Waals surface area contributed by atoms with E-state index in [4.69, 9.17) is 14.5 Å². The van der Waals surface area contributed by atoms with Gasteiger partial charge in [0.25, 0.3) is 0 Å². The Kier molecular flexibility index (Phi) is 6.72. The third kappa shape index (κ3) is 4.47. The van der Waals surface area contributed by atoms with E-state index in [1.807, 2.05) is 11.8 Å². The number of aliphatic hydroxyl groups is 1. The number of hydrogen-bond donors (Lipinski definition) is 2. The third-order valence-electron chi connectivity index (χ3n) is 10.2. The SMILES string of the molecule is CCc1c(F)ccc2cc(O)cc(-c3nc4c5c(nc(OC[C@@]67CCCN6C[C@H](F)C7)nc5c3F)N([C@H]3CC[C@@H]3O)CCO4)c12. The summed E-state index contributed by atoms with van der Waals surface area (Å²) in [5.41, 5.74) is -0.136. The van der Waals surface area contributed by atoms with E-state index in [-0.39, 0.29) is 59.1 Å². The molecule has 2 aromatic carbocycles. The van der Waals surface area contributed by atoms with Crippen LogP contribution in [0.1, 0.15) is 44.6 Å². The summed E-state index contributed by atoms with van der Waals surface area (Å²) < 4.78 is 58.7. The number of aromatic nitrogens is 3. The van der Waals surface area contributed by atoms with Gasteiger partial charge in [-0.1, -0.05) is 13.0 Å². The predicted octanol–water partition coefficient (Wildman–Crippen LogP) is 5.07. The normalized spacial score (nSPS) is 26.2. The van der Waals surface area contributed by atoms with Crippen LogP contribution in [0.5, 0.6) is 17.6 Å². The van der Waals surface area contributed by atoms with Crippen LogP contribution in [0.25, 0.3) is 32.9 Å². The topological polar surface area (TPSA) is 104 Å².